The second kappa shape index (κ2) is 8.26. The van der Waals surface area contributed by atoms with E-state index in [9.17, 15) is 18.4 Å². The first-order chi connectivity index (χ1) is 13.0. The lowest BCUT2D eigenvalue weighted by atomic mass is 10.2. The van der Waals surface area contributed by atoms with Crippen LogP contribution in [0.2, 0.25) is 5.02 Å². The predicted octanol–water partition coefficient (Wildman–Crippen LogP) is 1.91. The molecule has 2 heterocycles. The van der Waals surface area contributed by atoms with Crippen molar-refractivity contribution in [1.82, 2.24) is 14.9 Å². The van der Waals surface area contributed by atoms with Crippen LogP contribution in [-0.2, 0) is 9.53 Å². The maximum absolute atomic E-state index is 13.3. The molecule has 0 saturated carbocycles. The fourth-order valence-electron chi connectivity index (χ4n) is 2.59. The average Bonchev–Trinajstić information content (AvgIpc) is 2.69. The molecule has 0 radical (unpaired) electrons. The molecule has 1 aromatic carbocycles. The van der Waals surface area contributed by atoms with Crippen molar-refractivity contribution in [3.05, 3.63) is 52.8 Å². The normalized spacial score (nSPS) is 14.2. The minimum atomic E-state index is -1.23. The molecule has 2 aromatic rings. The lowest BCUT2D eigenvalue weighted by molar-refractivity contribution is -0.134. The molecule has 0 spiro atoms. The largest absolute Gasteiger partial charge is 0.452 e. The first-order valence-corrected chi connectivity index (χ1v) is 8.45. The van der Waals surface area contributed by atoms with E-state index in [2.05, 4.69) is 9.97 Å². The van der Waals surface area contributed by atoms with Crippen molar-refractivity contribution in [2.75, 3.05) is 37.7 Å². The lowest BCUT2D eigenvalue weighted by Crippen LogP contribution is -2.50. The fourth-order valence-corrected chi connectivity index (χ4v) is 2.81. The minimum Gasteiger partial charge on any atom is -0.452 e. The molecule has 1 amide bonds. The van der Waals surface area contributed by atoms with Crippen molar-refractivity contribution in [2.24, 2.45) is 0 Å². The summed E-state index contributed by atoms with van der Waals surface area (Å²) in [5.74, 6) is -3.20. The number of carbonyl (C=O) groups is 2. The van der Waals surface area contributed by atoms with Crippen LogP contribution in [0, 0.1) is 11.6 Å². The van der Waals surface area contributed by atoms with E-state index in [4.69, 9.17) is 16.3 Å². The molecule has 1 aliphatic rings. The van der Waals surface area contributed by atoms with E-state index in [-0.39, 0.29) is 10.6 Å². The van der Waals surface area contributed by atoms with Crippen molar-refractivity contribution in [1.29, 1.82) is 0 Å². The molecule has 1 saturated heterocycles. The molecular formula is C17H15ClF2N4O3. The third-order valence-corrected chi connectivity index (χ3v) is 4.34. The van der Waals surface area contributed by atoms with Crippen LogP contribution in [0.3, 0.4) is 0 Å². The first kappa shape index (κ1) is 19.0. The second-order valence-electron chi connectivity index (χ2n) is 5.74. The lowest BCUT2D eigenvalue weighted by Gasteiger charge is -2.34. The number of amides is 1. The number of anilines is 1. The van der Waals surface area contributed by atoms with Gasteiger partial charge in [-0.15, -0.1) is 0 Å². The maximum atomic E-state index is 13.3. The number of benzene rings is 1. The van der Waals surface area contributed by atoms with Gasteiger partial charge in [-0.05, 0) is 18.2 Å². The van der Waals surface area contributed by atoms with Gasteiger partial charge in [0.05, 0.1) is 10.6 Å². The monoisotopic (exact) mass is 396 g/mol. The smallest absolute Gasteiger partial charge is 0.340 e. The first-order valence-electron chi connectivity index (χ1n) is 8.07. The molecule has 1 fully saturated rings. The van der Waals surface area contributed by atoms with Crippen LogP contribution >= 0.6 is 11.6 Å². The van der Waals surface area contributed by atoms with Crippen LogP contribution in [0.15, 0.2) is 30.6 Å². The highest BCUT2D eigenvalue weighted by Gasteiger charge is 2.24. The Balaban J connectivity index is 1.51. The molecule has 0 unspecified atom stereocenters. The van der Waals surface area contributed by atoms with Gasteiger partial charge >= 0.3 is 5.97 Å². The standard InChI is InChI=1S/C17H15ClF2N4O3/c18-12-9-14(20)13(19)8-11(12)16(26)27-10-15(25)23-4-6-24(7-5-23)17-21-2-1-3-22-17/h1-3,8-9H,4-7,10H2. The van der Waals surface area contributed by atoms with Crippen molar-refractivity contribution < 1.29 is 23.1 Å². The van der Waals surface area contributed by atoms with Crippen LogP contribution in [0.5, 0.6) is 0 Å². The molecule has 0 aliphatic carbocycles. The Kier molecular flexibility index (Phi) is 5.80. The van der Waals surface area contributed by atoms with E-state index in [0.717, 1.165) is 0 Å². The van der Waals surface area contributed by atoms with Gasteiger partial charge < -0.3 is 14.5 Å². The van der Waals surface area contributed by atoms with Gasteiger partial charge in [-0.25, -0.2) is 23.5 Å². The summed E-state index contributed by atoms with van der Waals surface area (Å²) in [5, 5.41) is -0.289. The summed E-state index contributed by atoms with van der Waals surface area (Å²) in [6.45, 7) is 1.40. The third-order valence-electron chi connectivity index (χ3n) is 4.02. The molecule has 142 valence electrons. The molecule has 1 aliphatic heterocycles. The number of halogens is 3. The molecule has 0 N–H and O–H groups in total. The Bertz CT molecular complexity index is 846. The number of ether oxygens (including phenoxy) is 1. The highest BCUT2D eigenvalue weighted by atomic mass is 35.5. The van der Waals surface area contributed by atoms with Gasteiger partial charge in [0.15, 0.2) is 18.2 Å². The van der Waals surface area contributed by atoms with Gasteiger partial charge in [0.1, 0.15) is 0 Å². The van der Waals surface area contributed by atoms with Crippen molar-refractivity contribution in [3.63, 3.8) is 0 Å². The van der Waals surface area contributed by atoms with Gasteiger partial charge in [0.2, 0.25) is 5.95 Å². The van der Waals surface area contributed by atoms with Crippen molar-refractivity contribution in [2.45, 2.75) is 0 Å². The van der Waals surface area contributed by atoms with Crippen LogP contribution < -0.4 is 4.90 Å². The van der Waals surface area contributed by atoms with E-state index in [1.807, 2.05) is 4.90 Å². The number of rotatable bonds is 4. The number of hydrogen-bond donors (Lipinski definition) is 0. The topological polar surface area (TPSA) is 75.6 Å². The molecule has 0 atom stereocenters. The SMILES string of the molecule is O=C(OCC(=O)N1CCN(c2ncccn2)CC1)c1cc(F)c(F)cc1Cl. The summed E-state index contributed by atoms with van der Waals surface area (Å²) in [6.07, 6.45) is 3.28. The summed E-state index contributed by atoms with van der Waals surface area (Å²) in [6, 6.07) is 3.04. The number of piperazine rings is 1. The van der Waals surface area contributed by atoms with Crippen molar-refractivity contribution in [3.8, 4) is 0 Å². The number of carbonyl (C=O) groups excluding carboxylic acids is 2. The van der Waals surface area contributed by atoms with Crippen LogP contribution in [0.25, 0.3) is 0 Å². The van der Waals surface area contributed by atoms with Gasteiger partial charge in [-0.1, -0.05) is 11.6 Å². The maximum Gasteiger partial charge on any atom is 0.340 e. The Morgan fingerprint density at radius 3 is 2.37 bits per heavy atom. The van der Waals surface area contributed by atoms with Crippen LogP contribution in [0.1, 0.15) is 10.4 Å². The van der Waals surface area contributed by atoms with Gasteiger partial charge in [0.25, 0.3) is 5.91 Å². The minimum absolute atomic E-state index is 0.289. The molecule has 10 heteroatoms. The zero-order valence-corrected chi connectivity index (χ0v) is 14.8. The highest BCUT2D eigenvalue weighted by molar-refractivity contribution is 6.33. The van der Waals surface area contributed by atoms with Crippen LogP contribution in [-0.4, -0.2) is 59.5 Å². The Hall–Kier alpha value is -2.81. The predicted molar refractivity (Wildman–Crippen MR) is 92.5 cm³/mol. The summed E-state index contributed by atoms with van der Waals surface area (Å²) >= 11 is 5.71. The molecule has 3 rings (SSSR count). The number of nitrogens with zero attached hydrogens (tertiary/aromatic N) is 4. The Labute approximate surface area is 158 Å². The second-order valence-corrected chi connectivity index (χ2v) is 6.15. The van der Waals surface area contributed by atoms with Crippen LogP contribution in [0.4, 0.5) is 14.7 Å². The summed E-state index contributed by atoms with van der Waals surface area (Å²) in [4.78, 5) is 36.0. The Morgan fingerprint density at radius 2 is 1.70 bits per heavy atom. The quantitative estimate of drug-likeness (QED) is 0.580. The Morgan fingerprint density at radius 1 is 1.07 bits per heavy atom. The zero-order chi connectivity index (χ0) is 19.4. The summed E-state index contributed by atoms with van der Waals surface area (Å²) in [7, 11) is 0. The van der Waals surface area contributed by atoms with E-state index >= 15 is 0 Å². The third kappa shape index (κ3) is 4.48. The summed E-state index contributed by atoms with van der Waals surface area (Å²) in [5.41, 5.74) is -0.339. The molecule has 0 bridgehead atoms. The molecule has 7 nitrogen and oxygen atoms in total. The fraction of sp³-hybridized carbons (Fsp3) is 0.294. The summed E-state index contributed by atoms with van der Waals surface area (Å²) < 4.78 is 31.2. The molecule has 1 aromatic heterocycles. The van der Waals surface area contributed by atoms with E-state index in [1.54, 1.807) is 23.4 Å². The molecule has 27 heavy (non-hydrogen) atoms. The number of hydrogen-bond acceptors (Lipinski definition) is 6. The van der Waals surface area contributed by atoms with Gasteiger partial charge in [-0.2, -0.15) is 0 Å². The van der Waals surface area contributed by atoms with E-state index in [0.29, 0.717) is 44.3 Å². The van der Waals surface area contributed by atoms with Crippen molar-refractivity contribution >= 4 is 29.4 Å². The van der Waals surface area contributed by atoms with E-state index in [1.165, 1.54) is 0 Å². The number of esters is 1. The zero-order valence-electron chi connectivity index (χ0n) is 14.1. The van der Waals surface area contributed by atoms with Gasteiger partial charge in [-0.3, -0.25) is 4.79 Å². The molecular weight excluding hydrogens is 382 g/mol. The average molecular weight is 397 g/mol. The number of aromatic nitrogens is 2. The van der Waals surface area contributed by atoms with Gasteiger partial charge in [0, 0.05) is 38.6 Å². The van der Waals surface area contributed by atoms with E-state index < -0.39 is 30.1 Å². The highest BCUT2D eigenvalue weighted by Crippen LogP contribution is 2.21.